The molecule has 0 bridgehead atoms. The SMILES string of the molecule is COc1ccc(NC(=O)[C@@H](C)Oc2ccc(C(F)(F)F)cc2)c([N+](=O)[O-])c1. The highest BCUT2D eigenvalue weighted by molar-refractivity contribution is 5.96. The van der Waals surface area contributed by atoms with E-state index >= 15 is 0 Å². The van der Waals surface area contributed by atoms with Gasteiger partial charge in [-0.2, -0.15) is 13.2 Å². The number of hydrogen-bond acceptors (Lipinski definition) is 5. The van der Waals surface area contributed by atoms with Gasteiger partial charge < -0.3 is 14.8 Å². The Hall–Kier alpha value is -3.30. The first-order valence-electron chi connectivity index (χ1n) is 7.59. The Balaban J connectivity index is 2.09. The summed E-state index contributed by atoms with van der Waals surface area (Å²) in [5.74, 6) is -0.410. The Morgan fingerprint density at radius 1 is 1.15 bits per heavy atom. The summed E-state index contributed by atoms with van der Waals surface area (Å²) in [6.45, 7) is 1.36. The van der Waals surface area contributed by atoms with Crippen LogP contribution in [0.4, 0.5) is 24.5 Å². The minimum Gasteiger partial charge on any atom is -0.496 e. The number of nitro benzene ring substituents is 1. The molecule has 10 heteroatoms. The number of ether oxygens (including phenoxy) is 2. The molecule has 0 unspecified atom stereocenters. The monoisotopic (exact) mass is 384 g/mol. The van der Waals surface area contributed by atoms with Gasteiger partial charge in [0.05, 0.1) is 23.7 Å². The maximum atomic E-state index is 12.5. The average molecular weight is 384 g/mol. The predicted octanol–water partition coefficient (Wildman–Crippen LogP) is 4.03. The van der Waals surface area contributed by atoms with E-state index in [0.29, 0.717) is 0 Å². The van der Waals surface area contributed by atoms with Crippen molar-refractivity contribution in [1.29, 1.82) is 0 Å². The molecular weight excluding hydrogens is 369 g/mol. The third kappa shape index (κ3) is 5.09. The number of amides is 1. The van der Waals surface area contributed by atoms with Crippen molar-refractivity contribution in [3.63, 3.8) is 0 Å². The van der Waals surface area contributed by atoms with Crippen LogP contribution in [0.25, 0.3) is 0 Å². The summed E-state index contributed by atoms with van der Waals surface area (Å²) >= 11 is 0. The van der Waals surface area contributed by atoms with Gasteiger partial charge in [0.25, 0.3) is 11.6 Å². The van der Waals surface area contributed by atoms with Gasteiger partial charge >= 0.3 is 6.18 Å². The van der Waals surface area contributed by atoms with Gasteiger partial charge in [0.15, 0.2) is 6.10 Å². The van der Waals surface area contributed by atoms with Crippen LogP contribution in [0.1, 0.15) is 12.5 Å². The number of benzene rings is 2. The van der Waals surface area contributed by atoms with E-state index in [1.807, 2.05) is 0 Å². The van der Waals surface area contributed by atoms with Crippen LogP contribution in [0.2, 0.25) is 0 Å². The van der Waals surface area contributed by atoms with Crippen molar-refractivity contribution in [2.24, 2.45) is 0 Å². The van der Waals surface area contributed by atoms with Crippen LogP contribution >= 0.6 is 0 Å². The maximum absolute atomic E-state index is 12.5. The minimum absolute atomic E-state index is 0.0508. The number of rotatable bonds is 6. The first-order valence-corrected chi connectivity index (χ1v) is 7.59. The topological polar surface area (TPSA) is 90.7 Å². The summed E-state index contributed by atoms with van der Waals surface area (Å²) in [5.41, 5.74) is -1.28. The highest BCUT2D eigenvalue weighted by atomic mass is 19.4. The lowest BCUT2D eigenvalue weighted by Gasteiger charge is -2.15. The number of hydrogen-bond donors (Lipinski definition) is 1. The van der Waals surface area contributed by atoms with E-state index < -0.39 is 28.7 Å². The molecule has 27 heavy (non-hydrogen) atoms. The summed E-state index contributed by atoms with van der Waals surface area (Å²) in [7, 11) is 1.34. The standard InChI is InChI=1S/C17H15F3N2O5/c1-10(27-12-5-3-11(4-6-12)17(18,19)20)16(23)21-14-8-7-13(26-2)9-15(14)22(24)25/h3-10H,1-2H3,(H,21,23)/t10-/m1/s1. The van der Waals surface area contributed by atoms with Crippen LogP contribution in [-0.2, 0) is 11.0 Å². The lowest BCUT2D eigenvalue weighted by atomic mass is 10.2. The van der Waals surface area contributed by atoms with Crippen LogP contribution < -0.4 is 14.8 Å². The lowest BCUT2D eigenvalue weighted by Crippen LogP contribution is -2.30. The minimum atomic E-state index is -4.48. The Morgan fingerprint density at radius 3 is 2.26 bits per heavy atom. The molecule has 0 saturated carbocycles. The van der Waals surface area contributed by atoms with Crippen LogP contribution in [-0.4, -0.2) is 24.0 Å². The van der Waals surface area contributed by atoms with Crippen LogP contribution in [0, 0.1) is 10.1 Å². The van der Waals surface area contributed by atoms with Crippen molar-refractivity contribution < 1.29 is 32.4 Å². The fraction of sp³-hybridized carbons (Fsp3) is 0.235. The molecule has 0 aliphatic carbocycles. The molecule has 2 aromatic rings. The van der Waals surface area contributed by atoms with Crippen molar-refractivity contribution >= 4 is 17.3 Å². The van der Waals surface area contributed by atoms with Gasteiger partial charge in [0, 0.05) is 0 Å². The Labute approximate surface area is 151 Å². The van der Waals surface area contributed by atoms with Gasteiger partial charge in [0.1, 0.15) is 17.2 Å². The van der Waals surface area contributed by atoms with Gasteiger partial charge in [-0.05, 0) is 43.3 Å². The molecule has 1 amide bonds. The number of alkyl halides is 3. The Bertz CT molecular complexity index is 837. The summed E-state index contributed by atoms with van der Waals surface area (Å²) in [4.78, 5) is 22.6. The second-order valence-electron chi connectivity index (χ2n) is 5.41. The summed E-state index contributed by atoms with van der Waals surface area (Å²) < 4.78 is 47.8. The molecule has 0 saturated heterocycles. The highest BCUT2D eigenvalue weighted by Crippen LogP contribution is 2.31. The molecule has 0 radical (unpaired) electrons. The fourth-order valence-electron chi connectivity index (χ4n) is 2.11. The van der Waals surface area contributed by atoms with E-state index in [9.17, 15) is 28.1 Å². The quantitative estimate of drug-likeness (QED) is 0.600. The summed E-state index contributed by atoms with van der Waals surface area (Å²) in [5, 5.41) is 13.5. The fourth-order valence-corrected chi connectivity index (χ4v) is 2.11. The van der Waals surface area contributed by atoms with Gasteiger partial charge in [-0.3, -0.25) is 14.9 Å². The third-order valence-electron chi connectivity index (χ3n) is 3.52. The van der Waals surface area contributed by atoms with E-state index in [2.05, 4.69) is 5.32 Å². The molecular formula is C17H15F3N2O5. The molecule has 2 aromatic carbocycles. The van der Waals surface area contributed by atoms with Crippen LogP contribution in [0.5, 0.6) is 11.5 Å². The molecule has 0 heterocycles. The summed E-state index contributed by atoms with van der Waals surface area (Å²) in [6, 6.07) is 7.72. The smallest absolute Gasteiger partial charge is 0.416 e. The van der Waals surface area contributed by atoms with Crippen LogP contribution in [0.3, 0.4) is 0 Å². The molecule has 7 nitrogen and oxygen atoms in total. The van der Waals surface area contributed by atoms with Gasteiger partial charge in [-0.15, -0.1) is 0 Å². The summed E-state index contributed by atoms with van der Waals surface area (Å²) in [6.07, 6.45) is -5.59. The number of methoxy groups -OCH3 is 1. The predicted molar refractivity (Wildman–Crippen MR) is 89.8 cm³/mol. The number of halogens is 3. The normalized spacial score (nSPS) is 12.2. The van der Waals surface area contributed by atoms with Crippen molar-refractivity contribution in [1.82, 2.24) is 0 Å². The van der Waals surface area contributed by atoms with Crippen molar-refractivity contribution in [3.8, 4) is 11.5 Å². The average Bonchev–Trinajstić information content (AvgIpc) is 2.61. The number of nitrogens with zero attached hydrogens (tertiary/aromatic N) is 1. The molecule has 0 fully saturated rings. The first kappa shape index (κ1) is 20.0. The Morgan fingerprint density at radius 2 is 1.74 bits per heavy atom. The van der Waals surface area contributed by atoms with E-state index in [0.717, 1.165) is 30.3 Å². The van der Waals surface area contributed by atoms with Crippen LogP contribution in [0.15, 0.2) is 42.5 Å². The van der Waals surface area contributed by atoms with E-state index in [1.54, 1.807) is 0 Å². The van der Waals surface area contributed by atoms with Gasteiger partial charge in [-0.1, -0.05) is 0 Å². The van der Waals surface area contributed by atoms with Gasteiger partial charge in [0.2, 0.25) is 0 Å². The highest BCUT2D eigenvalue weighted by Gasteiger charge is 2.30. The molecule has 0 aliphatic rings. The van der Waals surface area contributed by atoms with Crippen molar-refractivity contribution in [3.05, 3.63) is 58.1 Å². The molecule has 1 N–H and O–H groups in total. The number of nitrogens with one attached hydrogen (secondary N) is 1. The zero-order chi connectivity index (χ0) is 20.2. The maximum Gasteiger partial charge on any atom is 0.416 e. The molecule has 144 valence electrons. The number of nitro groups is 1. The van der Waals surface area contributed by atoms with E-state index in [-0.39, 0.29) is 22.9 Å². The second kappa shape index (κ2) is 7.94. The van der Waals surface area contributed by atoms with Crippen molar-refractivity contribution in [2.45, 2.75) is 19.2 Å². The van der Waals surface area contributed by atoms with Gasteiger partial charge in [-0.25, -0.2) is 0 Å². The second-order valence-corrected chi connectivity index (χ2v) is 5.41. The Kier molecular flexibility index (Phi) is 5.88. The first-order chi connectivity index (χ1) is 12.6. The lowest BCUT2D eigenvalue weighted by molar-refractivity contribution is -0.384. The molecule has 2 rings (SSSR count). The molecule has 0 spiro atoms. The molecule has 0 aliphatic heterocycles. The number of anilines is 1. The van der Waals surface area contributed by atoms with E-state index in [1.165, 1.54) is 26.2 Å². The zero-order valence-corrected chi connectivity index (χ0v) is 14.2. The van der Waals surface area contributed by atoms with Crippen molar-refractivity contribution in [2.75, 3.05) is 12.4 Å². The zero-order valence-electron chi connectivity index (χ0n) is 14.2. The van der Waals surface area contributed by atoms with E-state index in [4.69, 9.17) is 9.47 Å². The largest absolute Gasteiger partial charge is 0.496 e. The third-order valence-corrected chi connectivity index (χ3v) is 3.52. The number of carbonyl (C=O) groups excluding carboxylic acids is 1. The molecule has 0 aromatic heterocycles. The number of carbonyl (C=O) groups is 1. The molecule has 1 atom stereocenters.